The summed E-state index contributed by atoms with van der Waals surface area (Å²) in [4.78, 5) is 16.1. The van der Waals surface area contributed by atoms with Gasteiger partial charge in [0.1, 0.15) is 0 Å². The quantitative estimate of drug-likeness (QED) is 0.485. The minimum atomic E-state index is -3.19. The lowest BCUT2D eigenvalue weighted by molar-refractivity contribution is 0.208. The van der Waals surface area contributed by atoms with E-state index in [0.717, 1.165) is 0 Å². The molecule has 0 aliphatic rings. The van der Waals surface area contributed by atoms with E-state index in [9.17, 15) is 9.13 Å². The molecule has 0 saturated heterocycles. The van der Waals surface area contributed by atoms with E-state index in [1.165, 1.54) is 0 Å². The maximum absolute atomic E-state index is 9.84. The zero-order chi connectivity index (χ0) is 8.15. The minimum Gasteiger partial charge on any atom is -0.394 e. The van der Waals surface area contributed by atoms with Gasteiger partial charge in [-0.25, -0.2) is 9.13 Å². The molecule has 60 valence electrons. The predicted molar refractivity (Wildman–Crippen MR) is 33.8 cm³/mol. The molecule has 2 unspecified atom stereocenters. The van der Waals surface area contributed by atoms with Gasteiger partial charge in [0, 0.05) is 0 Å². The second kappa shape index (κ2) is 4.52. The zero-order valence-electron chi connectivity index (χ0n) is 4.73. The van der Waals surface area contributed by atoms with Crippen LogP contribution in [-0.4, -0.2) is 9.79 Å². The topological polar surface area (TPSA) is 93.1 Å². The summed E-state index contributed by atoms with van der Waals surface area (Å²) in [5, 5.41) is 0. The Bertz CT molecular complexity index is 157. The third kappa shape index (κ3) is 5.85. The van der Waals surface area contributed by atoms with Crippen LogP contribution in [0, 0.1) is 0 Å². The third-order valence-corrected chi connectivity index (χ3v) is 1.21. The molecule has 0 radical (unpaired) electrons. The van der Waals surface area contributed by atoms with Crippen molar-refractivity contribution in [3.63, 3.8) is 0 Å². The first-order valence-electron chi connectivity index (χ1n) is 2.03. The molecule has 0 saturated carbocycles. The van der Waals surface area contributed by atoms with Gasteiger partial charge >= 0.3 is 16.5 Å². The Balaban J connectivity index is 3.65. The molecule has 2 N–H and O–H groups in total. The van der Waals surface area contributed by atoms with Crippen LogP contribution in [0.4, 0.5) is 0 Å². The van der Waals surface area contributed by atoms with E-state index in [4.69, 9.17) is 9.79 Å². The van der Waals surface area contributed by atoms with Crippen molar-refractivity contribution in [1.29, 1.82) is 0 Å². The van der Waals surface area contributed by atoms with Crippen molar-refractivity contribution in [3.8, 4) is 0 Å². The molecule has 0 aliphatic heterocycles. The van der Waals surface area contributed by atoms with Crippen LogP contribution in [0.3, 0.4) is 0 Å². The smallest absolute Gasteiger partial charge is 0.367 e. The Hall–Kier alpha value is -0.280. The molecule has 0 heterocycles. The molecular formula is C2H6O6P2. The van der Waals surface area contributed by atoms with Crippen molar-refractivity contribution in [2.75, 3.05) is 0 Å². The van der Waals surface area contributed by atoms with Gasteiger partial charge in [-0.3, -0.25) is 0 Å². The van der Waals surface area contributed by atoms with Crippen molar-refractivity contribution in [1.82, 2.24) is 0 Å². The molecule has 0 aromatic rings. The summed E-state index contributed by atoms with van der Waals surface area (Å²) in [6.45, 7) is 2.92. The highest BCUT2D eigenvalue weighted by molar-refractivity contribution is 7.33. The minimum absolute atomic E-state index is 0.627. The van der Waals surface area contributed by atoms with Gasteiger partial charge in [0.15, 0.2) is 0 Å². The summed E-state index contributed by atoms with van der Waals surface area (Å²) in [6.07, 6.45) is 0. The fraction of sp³-hybridized carbons (Fsp3) is 0. The van der Waals surface area contributed by atoms with Crippen molar-refractivity contribution < 1.29 is 28.0 Å². The van der Waals surface area contributed by atoms with Crippen LogP contribution in [0.5, 0.6) is 0 Å². The Kier molecular flexibility index (Phi) is 4.40. The van der Waals surface area contributed by atoms with E-state index >= 15 is 0 Å². The first kappa shape index (κ1) is 9.72. The third-order valence-electron chi connectivity index (χ3n) is 0.402. The van der Waals surface area contributed by atoms with Crippen LogP contribution in [-0.2, 0) is 18.2 Å². The molecule has 0 bridgehead atoms. The van der Waals surface area contributed by atoms with Gasteiger partial charge in [-0.1, -0.05) is 0 Å². The Morgan fingerprint density at radius 3 is 1.70 bits per heavy atom. The highest BCUT2D eigenvalue weighted by atomic mass is 31.1. The Morgan fingerprint density at radius 1 is 1.20 bits per heavy atom. The molecule has 0 amide bonds. The molecule has 2 atom stereocenters. The van der Waals surface area contributed by atoms with E-state index in [0.29, 0.717) is 0 Å². The number of rotatable bonds is 4. The van der Waals surface area contributed by atoms with Crippen molar-refractivity contribution in [2.45, 2.75) is 0 Å². The molecule has 10 heavy (non-hydrogen) atoms. The van der Waals surface area contributed by atoms with Crippen molar-refractivity contribution in [2.24, 2.45) is 0 Å². The monoisotopic (exact) mass is 188 g/mol. The number of hydrogen-bond donors (Lipinski definition) is 2. The van der Waals surface area contributed by atoms with Gasteiger partial charge < -0.3 is 18.8 Å². The van der Waals surface area contributed by atoms with Gasteiger partial charge in [0.2, 0.25) is 0 Å². The van der Waals surface area contributed by atoms with Gasteiger partial charge in [0.05, 0.1) is 0 Å². The normalized spacial score (nSPS) is 15.4. The van der Waals surface area contributed by atoms with E-state index in [1.807, 2.05) is 0 Å². The van der Waals surface area contributed by atoms with E-state index < -0.39 is 22.5 Å². The molecule has 0 aromatic carbocycles. The lowest BCUT2D eigenvalue weighted by Gasteiger charge is -2.02. The number of hydrogen-bond acceptors (Lipinski definition) is 4. The molecule has 0 rings (SSSR count). The summed E-state index contributed by atoms with van der Waals surface area (Å²) < 4.78 is 27.5. The highest BCUT2D eigenvalue weighted by Crippen LogP contribution is 2.26. The first-order chi connectivity index (χ1) is 4.52. The lowest BCUT2D eigenvalue weighted by atomic mass is 11.1. The highest BCUT2D eigenvalue weighted by Gasteiger charge is 2.00. The van der Waals surface area contributed by atoms with Crippen LogP contribution < -0.4 is 0 Å². The SMILES string of the molecule is C=C(O[PH](=O)O)O[PH](=O)O. The largest absolute Gasteiger partial charge is 0.394 e. The van der Waals surface area contributed by atoms with E-state index in [2.05, 4.69) is 15.6 Å². The van der Waals surface area contributed by atoms with Crippen LogP contribution in [0.15, 0.2) is 12.5 Å². The van der Waals surface area contributed by atoms with Crippen LogP contribution in [0.2, 0.25) is 0 Å². The fourth-order valence-corrected chi connectivity index (χ4v) is 0.772. The molecule has 0 aromatic heterocycles. The van der Waals surface area contributed by atoms with Gasteiger partial charge in [-0.05, 0) is 6.58 Å². The zero-order valence-corrected chi connectivity index (χ0v) is 6.73. The van der Waals surface area contributed by atoms with Crippen LogP contribution in [0.25, 0.3) is 0 Å². The Labute approximate surface area is 58.0 Å². The van der Waals surface area contributed by atoms with Gasteiger partial charge in [0.25, 0.3) is 5.95 Å². The van der Waals surface area contributed by atoms with E-state index in [1.54, 1.807) is 0 Å². The maximum Gasteiger partial charge on any atom is 0.367 e. The fourth-order valence-electron chi connectivity index (χ4n) is 0.216. The molecule has 0 spiro atoms. The summed E-state index contributed by atoms with van der Waals surface area (Å²) in [5.41, 5.74) is 0. The predicted octanol–water partition coefficient (Wildman–Crippen LogP) is 0.255. The maximum atomic E-state index is 9.84. The summed E-state index contributed by atoms with van der Waals surface area (Å²) >= 11 is 0. The summed E-state index contributed by atoms with van der Waals surface area (Å²) in [7, 11) is -6.37. The molecular weight excluding hydrogens is 182 g/mol. The second-order valence-electron chi connectivity index (χ2n) is 1.11. The average Bonchev–Trinajstić information content (AvgIpc) is 1.58. The Morgan fingerprint density at radius 2 is 1.50 bits per heavy atom. The standard InChI is InChI=1S/C2H6O6P2/c1-2(7-9(3)4)8-10(5)6/h9-10H,1H2,(H,3,4)(H,5,6). The van der Waals surface area contributed by atoms with Gasteiger partial charge in [-0.15, -0.1) is 0 Å². The van der Waals surface area contributed by atoms with E-state index in [-0.39, 0.29) is 0 Å². The first-order valence-corrected chi connectivity index (χ1v) is 4.55. The van der Waals surface area contributed by atoms with Crippen molar-refractivity contribution in [3.05, 3.63) is 12.5 Å². The lowest BCUT2D eigenvalue weighted by Crippen LogP contribution is -1.81. The van der Waals surface area contributed by atoms with Crippen LogP contribution in [0.1, 0.15) is 0 Å². The summed E-state index contributed by atoms with van der Waals surface area (Å²) in [5.74, 6) is -0.627. The molecule has 0 aliphatic carbocycles. The second-order valence-corrected chi connectivity index (χ2v) is 2.58. The molecule has 0 fully saturated rings. The summed E-state index contributed by atoms with van der Waals surface area (Å²) in [6, 6.07) is 0. The van der Waals surface area contributed by atoms with Crippen molar-refractivity contribution >= 4 is 16.5 Å². The average molecular weight is 188 g/mol. The van der Waals surface area contributed by atoms with Crippen LogP contribution >= 0.6 is 16.5 Å². The molecule has 6 nitrogen and oxygen atoms in total. The molecule has 8 heteroatoms. The van der Waals surface area contributed by atoms with Gasteiger partial charge in [-0.2, -0.15) is 0 Å².